The molecule has 0 radical (unpaired) electrons. The van der Waals surface area contributed by atoms with Crippen LogP contribution in [0, 0.1) is 0 Å². The summed E-state index contributed by atoms with van der Waals surface area (Å²) in [6.45, 7) is 1.99. The highest BCUT2D eigenvalue weighted by molar-refractivity contribution is 5.91. The summed E-state index contributed by atoms with van der Waals surface area (Å²) in [5.74, 6) is 0.165. The molecule has 0 saturated carbocycles. The van der Waals surface area contributed by atoms with Gasteiger partial charge in [0.25, 0.3) is 5.91 Å². The number of furan rings is 1. The Hall–Kier alpha value is -2.49. The van der Waals surface area contributed by atoms with Gasteiger partial charge in [0.15, 0.2) is 5.76 Å². The summed E-state index contributed by atoms with van der Waals surface area (Å²) in [5.41, 5.74) is 2.32. The summed E-state index contributed by atoms with van der Waals surface area (Å²) in [6.07, 6.45) is 4.27. The maximum atomic E-state index is 11.9. The van der Waals surface area contributed by atoms with Gasteiger partial charge in [-0.25, -0.2) is 0 Å². The number of amides is 1. The highest BCUT2D eigenvalue weighted by Crippen LogP contribution is 2.19. The molecule has 2 N–H and O–H groups in total. The lowest BCUT2D eigenvalue weighted by Crippen LogP contribution is -2.33. The maximum Gasteiger partial charge on any atom is 0.287 e. The van der Waals surface area contributed by atoms with E-state index in [2.05, 4.69) is 16.4 Å². The average Bonchev–Trinajstić information content (AvgIpc) is 3.09. The molecular formula is C16H16N2O2. The van der Waals surface area contributed by atoms with Gasteiger partial charge in [-0.3, -0.25) is 4.79 Å². The van der Waals surface area contributed by atoms with Crippen LogP contribution in [-0.4, -0.2) is 16.9 Å². The first kappa shape index (κ1) is 12.5. The van der Waals surface area contributed by atoms with Crippen LogP contribution in [0.1, 0.15) is 23.0 Å². The quantitative estimate of drug-likeness (QED) is 0.763. The van der Waals surface area contributed by atoms with Gasteiger partial charge >= 0.3 is 0 Å². The van der Waals surface area contributed by atoms with Gasteiger partial charge in [-0.1, -0.05) is 18.2 Å². The summed E-state index contributed by atoms with van der Waals surface area (Å²) in [5, 5.41) is 4.14. The second kappa shape index (κ2) is 5.25. The molecule has 3 rings (SSSR count). The lowest BCUT2D eigenvalue weighted by Gasteiger charge is -2.12. The van der Waals surface area contributed by atoms with Crippen molar-refractivity contribution >= 4 is 16.8 Å². The highest BCUT2D eigenvalue weighted by Gasteiger charge is 2.13. The number of rotatable bonds is 4. The fourth-order valence-electron chi connectivity index (χ4n) is 2.38. The molecule has 3 aromatic rings. The van der Waals surface area contributed by atoms with Crippen LogP contribution >= 0.6 is 0 Å². The summed E-state index contributed by atoms with van der Waals surface area (Å²) in [4.78, 5) is 15.1. The first-order valence-corrected chi connectivity index (χ1v) is 6.63. The van der Waals surface area contributed by atoms with Crippen molar-refractivity contribution in [3.8, 4) is 0 Å². The lowest BCUT2D eigenvalue weighted by molar-refractivity contribution is 0.0912. The molecular weight excluding hydrogens is 252 g/mol. The Labute approximate surface area is 116 Å². The van der Waals surface area contributed by atoms with Crippen LogP contribution in [0.2, 0.25) is 0 Å². The summed E-state index contributed by atoms with van der Waals surface area (Å²) < 4.78 is 5.08. The Morgan fingerprint density at radius 2 is 2.15 bits per heavy atom. The lowest BCUT2D eigenvalue weighted by atomic mass is 10.1. The molecule has 0 aliphatic carbocycles. The van der Waals surface area contributed by atoms with E-state index in [9.17, 15) is 4.79 Å². The zero-order valence-electron chi connectivity index (χ0n) is 11.2. The Morgan fingerprint density at radius 3 is 2.95 bits per heavy atom. The van der Waals surface area contributed by atoms with Crippen molar-refractivity contribution < 1.29 is 9.21 Å². The molecule has 4 nitrogen and oxygen atoms in total. The van der Waals surface area contributed by atoms with Gasteiger partial charge in [-0.2, -0.15) is 0 Å². The van der Waals surface area contributed by atoms with Crippen LogP contribution in [0.4, 0.5) is 0 Å². The van der Waals surface area contributed by atoms with E-state index in [-0.39, 0.29) is 11.9 Å². The van der Waals surface area contributed by atoms with E-state index in [0.29, 0.717) is 5.76 Å². The molecule has 2 aromatic heterocycles. The number of carbonyl (C=O) groups excluding carboxylic acids is 1. The third-order valence-corrected chi connectivity index (χ3v) is 3.32. The molecule has 1 aromatic carbocycles. The topological polar surface area (TPSA) is 58.0 Å². The minimum atomic E-state index is -0.178. The van der Waals surface area contributed by atoms with E-state index in [1.54, 1.807) is 12.1 Å². The number of hydrogen-bond acceptors (Lipinski definition) is 2. The molecule has 2 heterocycles. The molecule has 0 bridgehead atoms. The minimum absolute atomic E-state index is 0.0341. The second-order valence-electron chi connectivity index (χ2n) is 4.92. The van der Waals surface area contributed by atoms with E-state index < -0.39 is 0 Å². The van der Waals surface area contributed by atoms with Crippen molar-refractivity contribution in [1.82, 2.24) is 10.3 Å². The smallest absolute Gasteiger partial charge is 0.287 e. The summed E-state index contributed by atoms with van der Waals surface area (Å²) in [6, 6.07) is 11.6. The zero-order chi connectivity index (χ0) is 13.9. The number of H-pyrrole nitrogens is 1. The van der Waals surface area contributed by atoms with Crippen molar-refractivity contribution in [2.45, 2.75) is 19.4 Å². The van der Waals surface area contributed by atoms with Crippen molar-refractivity contribution in [3.63, 3.8) is 0 Å². The van der Waals surface area contributed by atoms with E-state index in [1.807, 2.05) is 31.3 Å². The Balaban J connectivity index is 1.70. The average molecular weight is 268 g/mol. The van der Waals surface area contributed by atoms with Gasteiger partial charge in [-0.15, -0.1) is 0 Å². The minimum Gasteiger partial charge on any atom is -0.459 e. The number of aromatic amines is 1. The van der Waals surface area contributed by atoms with Crippen molar-refractivity contribution in [1.29, 1.82) is 0 Å². The SMILES string of the molecule is C[C@@H](Cc1c[nH]c2ccccc12)NC(=O)c1ccco1. The molecule has 0 spiro atoms. The van der Waals surface area contributed by atoms with Crippen LogP contribution in [0.5, 0.6) is 0 Å². The van der Waals surface area contributed by atoms with Gasteiger partial charge in [0.05, 0.1) is 6.26 Å². The fraction of sp³-hybridized carbons (Fsp3) is 0.188. The van der Waals surface area contributed by atoms with Gasteiger partial charge < -0.3 is 14.7 Å². The number of nitrogens with one attached hydrogen (secondary N) is 2. The molecule has 0 aliphatic rings. The van der Waals surface area contributed by atoms with Crippen molar-refractivity contribution in [3.05, 3.63) is 60.2 Å². The molecule has 4 heteroatoms. The molecule has 0 aliphatic heterocycles. The standard InChI is InChI=1S/C16H16N2O2/c1-11(18-16(19)15-7-4-8-20-15)9-12-10-17-14-6-3-2-5-13(12)14/h2-8,10-11,17H,9H2,1H3,(H,18,19)/t11-/m0/s1. The summed E-state index contributed by atoms with van der Waals surface area (Å²) in [7, 11) is 0. The highest BCUT2D eigenvalue weighted by atomic mass is 16.3. The number of aromatic nitrogens is 1. The van der Waals surface area contributed by atoms with Gasteiger partial charge in [0.1, 0.15) is 0 Å². The number of benzene rings is 1. The van der Waals surface area contributed by atoms with Crippen LogP contribution < -0.4 is 5.32 Å². The first-order valence-electron chi connectivity index (χ1n) is 6.63. The molecule has 0 unspecified atom stereocenters. The monoisotopic (exact) mass is 268 g/mol. The molecule has 0 saturated heterocycles. The molecule has 102 valence electrons. The zero-order valence-corrected chi connectivity index (χ0v) is 11.2. The third-order valence-electron chi connectivity index (χ3n) is 3.32. The number of carbonyl (C=O) groups is 1. The van der Waals surface area contributed by atoms with E-state index >= 15 is 0 Å². The van der Waals surface area contributed by atoms with Crippen LogP contribution in [-0.2, 0) is 6.42 Å². The summed E-state index contributed by atoms with van der Waals surface area (Å²) >= 11 is 0. The number of hydrogen-bond donors (Lipinski definition) is 2. The Kier molecular flexibility index (Phi) is 3.29. The van der Waals surface area contributed by atoms with Gasteiger partial charge in [-0.05, 0) is 37.1 Å². The maximum absolute atomic E-state index is 11.9. The van der Waals surface area contributed by atoms with Gasteiger partial charge in [0, 0.05) is 23.1 Å². The Morgan fingerprint density at radius 1 is 1.30 bits per heavy atom. The van der Waals surface area contributed by atoms with Crippen LogP contribution in [0.15, 0.2) is 53.3 Å². The van der Waals surface area contributed by atoms with Crippen LogP contribution in [0.3, 0.4) is 0 Å². The number of fused-ring (bicyclic) bond motifs is 1. The van der Waals surface area contributed by atoms with Crippen molar-refractivity contribution in [2.75, 3.05) is 0 Å². The molecule has 20 heavy (non-hydrogen) atoms. The van der Waals surface area contributed by atoms with Gasteiger partial charge in [0.2, 0.25) is 0 Å². The predicted molar refractivity (Wildman–Crippen MR) is 77.6 cm³/mol. The van der Waals surface area contributed by atoms with E-state index in [0.717, 1.165) is 11.9 Å². The van der Waals surface area contributed by atoms with Crippen molar-refractivity contribution in [2.24, 2.45) is 0 Å². The largest absolute Gasteiger partial charge is 0.459 e. The Bertz CT molecular complexity index is 713. The van der Waals surface area contributed by atoms with Crippen LogP contribution in [0.25, 0.3) is 10.9 Å². The number of para-hydroxylation sites is 1. The first-order chi connectivity index (χ1) is 9.74. The third kappa shape index (κ3) is 2.45. The predicted octanol–water partition coefficient (Wildman–Crippen LogP) is 3.12. The van der Waals surface area contributed by atoms with E-state index in [1.165, 1.54) is 17.2 Å². The molecule has 1 amide bonds. The second-order valence-corrected chi connectivity index (χ2v) is 4.92. The fourth-order valence-corrected chi connectivity index (χ4v) is 2.38. The normalized spacial score (nSPS) is 12.4. The molecule has 0 fully saturated rings. The molecule has 1 atom stereocenters. The van der Waals surface area contributed by atoms with E-state index in [4.69, 9.17) is 4.42 Å².